The van der Waals surface area contributed by atoms with Gasteiger partial charge in [-0.25, -0.2) is 4.98 Å². The van der Waals surface area contributed by atoms with Gasteiger partial charge in [0.25, 0.3) is 5.91 Å². The summed E-state index contributed by atoms with van der Waals surface area (Å²) in [5.74, 6) is 1.18. The van der Waals surface area contributed by atoms with Gasteiger partial charge in [-0.05, 0) is 37.1 Å². The molecule has 1 aromatic carbocycles. The molecule has 1 fully saturated rings. The minimum Gasteiger partial charge on any atom is -0.487 e. The molecule has 5 nitrogen and oxygen atoms in total. The van der Waals surface area contributed by atoms with Crippen molar-refractivity contribution in [3.63, 3.8) is 0 Å². The van der Waals surface area contributed by atoms with Crippen LogP contribution >= 0.6 is 11.3 Å². The molecule has 3 rings (SSSR count). The minimum atomic E-state index is -0.200. The van der Waals surface area contributed by atoms with Crippen LogP contribution in [0.5, 0.6) is 5.75 Å². The van der Waals surface area contributed by atoms with Crippen molar-refractivity contribution in [2.24, 2.45) is 0 Å². The number of ether oxygens (including phenoxy) is 1. The molecule has 0 unspecified atom stereocenters. The SMILES string of the molecule is O=C(NCCO)c1ccc(OCc2csc(C3CC3)n2)cc1. The molecule has 0 aliphatic heterocycles. The number of hydrogen-bond donors (Lipinski definition) is 2. The van der Waals surface area contributed by atoms with Gasteiger partial charge in [-0.2, -0.15) is 0 Å². The Morgan fingerprint density at radius 2 is 2.14 bits per heavy atom. The first-order valence-electron chi connectivity index (χ1n) is 7.32. The number of hydrogen-bond acceptors (Lipinski definition) is 5. The molecule has 6 heteroatoms. The fourth-order valence-corrected chi connectivity index (χ4v) is 3.01. The Balaban J connectivity index is 1.52. The molecule has 22 heavy (non-hydrogen) atoms. The number of carbonyl (C=O) groups excluding carboxylic acids is 1. The Kier molecular flexibility index (Phi) is 4.70. The third-order valence-electron chi connectivity index (χ3n) is 3.40. The average molecular weight is 318 g/mol. The van der Waals surface area contributed by atoms with Crippen LogP contribution in [0, 0.1) is 0 Å². The number of rotatable bonds is 7. The van der Waals surface area contributed by atoms with Crippen LogP contribution < -0.4 is 10.1 Å². The van der Waals surface area contributed by atoms with Gasteiger partial charge < -0.3 is 15.2 Å². The number of nitrogens with one attached hydrogen (secondary N) is 1. The fourth-order valence-electron chi connectivity index (χ4n) is 2.04. The van der Waals surface area contributed by atoms with E-state index in [2.05, 4.69) is 10.3 Å². The quantitative estimate of drug-likeness (QED) is 0.822. The standard InChI is InChI=1S/C16H18N2O3S/c19-8-7-17-15(20)11-3-5-14(6-4-11)21-9-13-10-22-16(18-13)12-1-2-12/h3-6,10,12,19H,1-2,7-9H2,(H,17,20). The summed E-state index contributed by atoms with van der Waals surface area (Å²) in [6, 6.07) is 6.95. The van der Waals surface area contributed by atoms with Gasteiger partial charge in [-0.1, -0.05) is 0 Å². The predicted octanol–water partition coefficient (Wildman–Crippen LogP) is 2.32. The smallest absolute Gasteiger partial charge is 0.251 e. The van der Waals surface area contributed by atoms with E-state index in [9.17, 15) is 4.79 Å². The van der Waals surface area contributed by atoms with Crippen LogP contribution in [-0.4, -0.2) is 29.1 Å². The molecule has 1 saturated carbocycles. The van der Waals surface area contributed by atoms with E-state index in [1.54, 1.807) is 35.6 Å². The number of thiazole rings is 1. The third kappa shape index (κ3) is 3.84. The van der Waals surface area contributed by atoms with Crippen molar-refractivity contribution in [2.75, 3.05) is 13.2 Å². The van der Waals surface area contributed by atoms with Crippen LogP contribution in [0.1, 0.15) is 39.8 Å². The highest BCUT2D eigenvalue weighted by Crippen LogP contribution is 2.41. The van der Waals surface area contributed by atoms with Gasteiger partial charge in [0.15, 0.2) is 0 Å². The number of amides is 1. The number of aliphatic hydroxyl groups excluding tert-OH is 1. The molecule has 116 valence electrons. The maximum atomic E-state index is 11.7. The molecule has 0 saturated heterocycles. The zero-order valence-electron chi connectivity index (χ0n) is 12.1. The highest BCUT2D eigenvalue weighted by molar-refractivity contribution is 7.09. The van der Waals surface area contributed by atoms with E-state index in [1.807, 2.05) is 5.38 Å². The monoisotopic (exact) mass is 318 g/mol. The van der Waals surface area contributed by atoms with Crippen molar-refractivity contribution in [3.05, 3.63) is 45.9 Å². The number of benzene rings is 1. The molecule has 1 amide bonds. The van der Waals surface area contributed by atoms with E-state index in [0.29, 0.717) is 23.8 Å². The topological polar surface area (TPSA) is 71.5 Å². The predicted molar refractivity (Wildman–Crippen MR) is 84.3 cm³/mol. The molecule has 1 aliphatic carbocycles. The van der Waals surface area contributed by atoms with E-state index >= 15 is 0 Å². The van der Waals surface area contributed by atoms with Crippen LogP contribution in [0.2, 0.25) is 0 Å². The second-order valence-corrected chi connectivity index (χ2v) is 6.13. The second kappa shape index (κ2) is 6.89. The average Bonchev–Trinajstić information content (AvgIpc) is 3.30. The Morgan fingerprint density at radius 1 is 1.36 bits per heavy atom. The Hall–Kier alpha value is -1.92. The molecular weight excluding hydrogens is 300 g/mol. The van der Waals surface area contributed by atoms with E-state index in [1.165, 1.54) is 17.8 Å². The molecule has 0 bridgehead atoms. The van der Waals surface area contributed by atoms with E-state index < -0.39 is 0 Å². The Morgan fingerprint density at radius 3 is 2.82 bits per heavy atom. The first kappa shape index (κ1) is 15.0. The van der Waals surface area contributed by atoms with Crippen LogP contribution in [0.25, 0.3) is 0 Å². The summed E-state index contributed by atoms with van der Waals surface area (Å²) in [6.07, 6.45) is 2.52. The maximum Gasteiger partial charge on any atom is 0.251 e. The van der Waals surface area contributed by atoms with Crippen molar-refractivity contribution in [1.29, 1.82) is 0 Å². The number of nitrogens with zero attached hydrogens (tertiary/aromatic N) is 1. The minimum absolute atomic E-state index is 0.0661. The summed E-state index contributed by atoms with van der Waals surface area (Å²) in [7, 11) is 0. The van der Waals surface area contributed by atoms with Gasteiger partial charge in [0.2, 0.25) is 0 Å². The lowest BCUT2D eigenvalue weighted by Crippen LogP contribution is -2.26. The number of carbonyl (C=O) groups is 1. The van der Waals surface area contributed by atoms with Gasteiger partial charge >= 0.3 is 0 Å². The molecule has 0 atom stereocenters. The normalized spacial score (nSPS) is 13.9. The van der Waals surface area contributed by atoms with Crippen molar-refractivity contribution in [3.8, 4) is 5.75 Å². The van der Waals surface area contributed by atoms with Gasteiger partial charge in [0, 0.05) is 23.4 Å². The van der Waals surface area contributed by atoms with Crippen LogP contribution in [-0.2, 0) is 6.61 Å². The van der Waals surface area contributed by atoms with Crippen molar-refractivity contribution < 1.29 is 14.6 Å². The zero-order chi connectivity index (χ0) is 15.4. The summed E-state index contributed by atoms with van der Waals surface area (Å²) in [5, 5.41) is 14.6. The first-order valence-corrected chi connectivity index (χ1v) is 8.20. The molecule has 2 N–H and O–H groups in total. The maximum absolute atomic E-state index is 11.7. The molecule has 1 aromatic heterocycles. The molecule has 1 heterocycles. The summed E-state index contributed by atoms with van der Waals surface area (Å²) in [4.78, 5) is 16.3. The van der Waals surface area contributed by atoms with Crippen molar-refractivity contribution >= 4 is 17.2 Å². The Bertz CT molecular complexity index is 635. The van der Waals surface area contributed by atoms with Gasteiger partial charge in [-0.3, -0.25) is 4.79 Å². The molecule has 0 radical (unpaired) electrons. The first-order chi connectivity index (χ1) is 10.8. The summed E-state index contributed by atoms with van der Waals surface area (Å²) in [6.45, 7) is 0.632. The van der Waals surface area contributed by atoms with E-state index in [0.717, 1.165) is 5.69 Å². The summed E-state index contributed by atoms with van der Waals surface area (Å²) < 4.78 is 5.69. The summed E-state index contributed by atoms with van der Waals surface area (Å²) in [5.41, 5.74) is 1.50. The molecule has 2 aromatic rings. The fraction of sp³-hybridized carbons (Fsp3) is 0.375. The molecule has 0 spiro atoms. The van der Waals surface area contributed by atoms with Gasteiger partial charge in [-0.15, -0.1) is 11.3 Å². The van der Waals surface area contributed by atoms with Crippen molar-refractivity contribution in [1.82, 2.24) is 10.3 Å². The highest BCUT2D eigenvalue weighted by atomic mass is 32.1. The van der Waals surface area contributed by atoms with Crippen molar-refractivity contribution in [2.45, 2.75) is 25.4 Å². The summed E-state index contributed by atoms with van der Waals surface area (Å²) >= 11 is 1.70. The van der Waals surface area contributed by atoms with E-state index in [4.69, 9.17) is 9.84 Å². The van der Waals surface area contributed by atoms with Gasteiger partial charge in [0.1, 0.15) is 12.4 Å². The molecular formula is C16H18N2O3S. The largest absolute Gasteiger partial charge is 0.487 e. The Labute approximate surface area is 133 Å². The van der Waals surface area contributed by atoms with Gasteiger partial charge in [0.05, 0.1) is 17.3 Å². The third-order valence-corrected chi connectivity index (χ3v) is 4.45. The number of aromatic nitrogens is 1. The van der Waals surface area contributed by atoms with Crippen LogP contribution in [0.3, 0.4) is 0 Å². The van der Waals surface area contributed by atoms with E-state index in [-0.39, 0.29) is 19.1 Å². The van der Waals surface area contributed by atoms with Crippen LogP contribution in [0.4, 0.5) is 0 Å². The van der Waals surface area contributed by atoms with Crippen LogP contribution in [0.15, 0.2) is 29.6 Å². The highest BCUT2D eigenvalue weighted by Gasteiger charge is 2.26. The lowest BCUT2D eigenvalue weighted by atomic mass is 10.2. The second-order valence-electron chi connectivity index (χ2n) is 5.24. The lowest BCUT2D eigenvalue weighted by molar-refractivity contribution is 0.0944. The zero-order valence-corrected chi connectivity index (χ0v) is 12.9. The lowest BCUT2D eigenvalue weighted by Gasteiger charge is -2.06. The molecule has 1 aliphatic rings. The number of aliphatic hydroxyl groups is 1.